The average molecular weight is 282 g/mol. The van der Waals surface area contributed by atoms with Crippen LogP contribution < -0.4 is 0 Å². The third kappa shape index (κ3) is 1.52. The zero-order chi connectivity index (χ0) is 15.1. The Kier molecular flexibility index (Phi) is 2.45. The molecule has 0 amide bonds. The maximum atomic E-state index is 9.17. The van der Waals surface area contributed by atoms with Crippen LogP contribution in [-0.2, 0) is 0 Å². The zero-order valence-electron chi connectivity index (χ0n) is 11.1. The van der Waals surface area contributed by atoms with Gasteiger partial charge in [-0.1, -0.05) is 6.57 Å². The highest BCUT2D eigenvalue weighted by Gasteiger charge is 2.18. The van der Waals surface area contributed by atoms with E-state index in [0.29, 0.717) is 22.1 Å². The first-order valence-electron chi connectivity index (χ1n) is 6.44. The van der Waals surface area contributed by atoms with E-state index in [4.69, 9.17) is 6.57 Å². The van der Waals surface area contributed by atoms with Crippen LogP contribution in [-0.4, -0.2) is 19.9 Å². The second kappa shape index (κ2) is 4.44. The highest BCUT2D eigenvalue weighted by Crippen LogP contribution is 2.32. The van der Waals surface area contributed by atoms with Crippen LogP contribution in [0.4, 0.5) is 5.82 Å². The number of nitrogens with zero attached hydrogens (tertiary/aromatic N) is 6. The first-order chi connectivity index (χ1) is 10.8. The standard InChI is InChI=1S/C16H6N6/c1-18-16-11(8-17)21-14-9-4-2-6-19-12(9)13-10(15(14)22-16)5-3-7-20-13/h2-7H. The Morgan fingerprint density at radius 2 is 1.50 bits per heavy atom. The van der Waals surface area contributed by atoms with Gasteiger partial charge in [-0.05, 0) is 24.3 Å². The molecule has 0 aliphatic rings. The van der Waals surface area contributed by atoms with Crippen molar-refractivity contribution in [1.29, 1.82) is 5.26 Å². The van der Waals surface area contributed by atoms with E-state index in [9.17, 15) is 5.26 Å². The monoisotopic (exact) mass is 282 g/mol. The van der Waals surface area contributed by atoms with Crippen LogP contribution in [0.3, 0.4) is 0 Å². The molecule has 3 aromatic heterocycles. The lowest BCUT2D eigenvalue weighted by Crippen LogP contribution is -1.94. The summed E-state index contributed by atoms with van der Waals surface area (Å²) >= 11 is 0. The van der Waals surface area contributed by atoms with Crippen molar-refractivity contribution in [2.75, 3.05) is 0 Å². The fourth-order valence-electron chi connectivity index (χ4n) is 2.53. The lowest BCUT2D eigenvalue weighted by atomic mass is 10.1. The smallest absolute Gasteiger partial charge is 0.307 e. The summed E-state index contributed by atoms with van der Waals surface area (Å²) in [5.41, 5.74) is 2.57. The molecule has 100 valence electrons. The molecule has 4 aromatic rings. The van der Waals surface area contributed by atoms with Crippen LogP contribution in [0.15, 0.2) is 36.7 Å². The van der Waals surface area contributed by atoms with Crippen LogP contribution in [0.2, 0.25) is 0 Å². The van der Waals surface area contributed by atoms with Crippen LogP contribution in [0.1, 0.15) is 5.69 Å². The van der Waals surface area contributed by atoms with Crippen molar-refractivity contribution in [2.24, 2.45) is 0 Å². The first-order valence-corrected chi connectivity index (χ1v) is 6.44. The van der Waals surface area contributed by atoms with E-state index in [0.717, 1.165) is 10.8 Å². The fraction of sp³-hybridized carbons (Fsp3) is 0. The average Bonchev–Trinajstić information content (AvgIpc) is 2.60. The molecule has 0 radical (unpaired) electrons. The number of rotatable bonds is 0. The largest absolute Gasteiger partial charge is 0.358 e. The SMILES string of the molecule is [C-]#[N+]c1nc2c3cccnc3c3ncccc3c2nc1C#N. The molecule has 0 fully saturated rings. The summed E-state index contributed by atoms with van der Waals surface area (Å²) in [7, 11) is 0. The van der Waals surface area contributed by atoms with Gasteiger partial charge in [0, 0.05) is 17.8 Å². The minimum absolute atomic E-state index is 0.00314. The summed E-state index contributed by atoms with van der Waals surface area (Å²) in [6.45, 7) is 7.18. The Morgan fingerprint density at radius 3 is 2.05 bits per heavy atom. The van der Waals surface area contributed by atoms with Gasteiger partial charge in [0.25, 0.3) is 0 Å². The molecule has 0 saturated carbocycles. The normalized spacial score (nSPS) is 10.6. The summed E-state index contributed by atoms with van der Waals surface area (Å²) in [6, 6.07) is 9.26. The topological polar surface area (TPSA) is 79.7 Å². The van der Waals surface area contributed by atoms with Crippen molar-refractivity contribution in [3.8, 4) is 6.07 Å². The van der Waals surface area contributed by atoms with Crippen LogP contribution in [0, 0.1) is 17.9 Å². The van der Waals surface area contributed by atoms with Gasteiger partial charge in [0.1, 0.15) is 17.1 Å². The molecule has 0 aliphatic carbocycles. The molecular formula is C16H6N6. The van der Waals surface area contributed by atoms with Crippen molar-refractivity contribution in [3.63, 3.8) is 0 Å². The fourth-order valence-corrected chi connectivity index (χ4v) is 2.53. The van der Waals surface area contributed by atoms with Crippen molar-refractivity contribution < 1.29 is 0 Å². The summed E-state index contributed by atoms with van der Waals surface area (Å²) in [6.07, 6.45) is 3.38. The van der Waals surface area contributed by atoms with E-state index in [1.54, 1.807) is 24.5 Å². The van der Waals surface area contributed by atoms with Crippen LogP contribution >= 0.6 is 0 Å². The molecular weight excluding hydrogens is 276 g/mol. The summed E-state index contributed by atoms with van der Waals surface area (Å²) < 4.78 is 0. The first kappa shape index (κ1) is 12.1. The lowest BCUT2D eigenvalue weighted by molar-refractivity contribution is 1.27. The van der Waals surface area contributed by atoms with Gasteiger partial charge >= 0.3 is 5.82 Å². The second-order valence-electron chi connectivity index (χ2n) is 4.62. The van der Waals surface area contributed by atoms with Gasteiger partial charge < -0.3 is 4.85 Å². The van der Waals surface area contributed by atoms with Crippen molar-refractivity contribution >= 4 is 38.7 Å². The summed E-state index contributed by atoms with van der Waals surface area (Å²) in [5.74, 6) is 0.00314. The van der Waals surface area contributed by atoms with Gasteiger partial charge in [0.15, 0.2) is 11.2 Å². The number of nitriles is 1. The van der Waals surface area contributed by atoms with Crippen molar-refractivity contribution in [2.45, 2.75) is 0 Å². The van der Waals surface area contributed by atoms with Gasteiger partial charge in [-0.15, -0.1) is 4.98 Å². The van der Waals surface area contributed by atoms with E-state index in [1.807, 2.05) is 18.2 Å². The highest BCUT2D eigenvalue weighted by molar-refractivity contribution is 6.20. The molecule has 0 N–H and O–H groups in total. The summed E-state index contributed by atoms with van der Waals surface area (Å²) in [4.78, 5) is 20.7. The van der Waals surface area contributed by atoms with Gasteiger partial charge in [0.2, 0.25) is 0 Å². The summed E-state index contributed by atoms with van der Waals surface area (Å²) in [5, 5.41) is 10.7. The van der Waals surface area contributed by atoms with E-state index < -0.39 is 0 Å². The molecule has 0 bridgehead atoms. The number of hydrogen-bond acceptors (Lipinski definition) is 5. The third-order valence-electron chi connectivity index (χ3n) is 3.44. The molecule has 6 heteroatoms. The number of aromatic nitrogens is 4. The van der Waals surface area contributed by atoms with E-state index in [1.165, 1.54) is 0 Å². The van der Waals surface area contributed by atoms with Crippen LogP contribution in [0.25, 0.3) is 37.7 Å². The number of fused-ring (bicyclic) bond motifs is 6. The Labute approximate surface area is 124 Å². The number of benzene rings is 1. The van der Waals surface area contributed by atoms with E-state index >= 15 is 0 Å². The molecule has 22 heavy (non-hydrogen) atoms. The number of hydrogen-bond donors (Lipinski definition) is 0. The van der Waals surface area contributed by atoms with E-state index in [-0.39, 0.29) is 11.5 Å². The molecule has 0 aliphatic heterocycles. The minimum atomic E-state index is 0.00314. The Morgan fingerprint density at radius 1 is 0.909 bits per heavy atom. The van der Waals surface area contributed by atoms with Gasteiger partial charge in [-0.3, -0.25) is 9.97 Å². The molecule has 3 heterocycles. The Bertz CT molecular complexity index is 1060. The predicted octanol–water partition coefficient (Wildman–Crippen LogP) is 3.15. The molecule has 0 unspecified atom stereocenters. The highest BCUT2D eigenvalue weighted by atomic mass is 14.9. The minimum Gasteiger partial charge on any atom is -0.358 e. The molecule has 4 rings (SSSR count). The van der Waals surface area contributed by atoms with Crippen LogP contribution in [0.5, 0.6) is 0 Å². The Balaban J connectivity index is 2.39. The third-order valence-corrected chi connectivity index (χ3v) is 3.44. The molecule has 6 nitrogen and oxygen atoms in total. The maximum absolute atomic E-state index is 9.17. The lowest BCUT2D eigenvalue weighted by Gasteiger charge is -2.06. The molecule has 0 spiro atoms. The maximum Gasteiger partial charge on any atom is 0.307 e. The van der Waals surface area contributed by atoms with Gasteiger partial charge in [0.05, 0.1) is 10.9 Å². The second-order valence-corrected chi connectivity index (χ2v) is 4.62. The zero-order valence-corrected chi connectivity index (χ0v) is 11.1. The van der Waals surface area contributed by atoms with Crippen molar-refractivity contribution in [3.05, 3.63) is 53.8 Å². The number of pyridine rings is 2. The van der Waals surface area contributed by atoms with Gasteiger partial charge in [-0.2, -0.15) is 5.26 Å². The molecule has 1 aromatic carbocycles. The quantitative estimate of drug-likeness (QED) is 0.365. The van der Waals surface area contributed by atoms with E-state index in [2.05, 4.69) is 24.8 Å². The van der Waals surface area contributed by atoms with Crippen molar-refractivity contribution in [1.82, 2.24) is 19.9 Å². The molecule has 0 saturated heterocycles. The Hall–Kier alpha value is -3.64. The predicted molar refractivity (Wildman–Crippen MR) is 81.1 cm³/mol. The van der Waals surface area contributed by atoms with Gasteiger partial charge in [-0.25, -0.2) is 4.98 Å². The molecule has 0 atom stereocenters.